The first-order chi connectivity index (χ1) is 8.72. The summed E-state index contributed by atoms with van der Waals surface area (Å²) in [6, 6.07) is 5.57. The number of rotatable bonds is 4. The maximum Gasteiger partial charge on any atom is 0.412 e. The van der Waals surface area contributed by atoms with Gasteiger partial charge in [-0.15, -0.1) is 0 Å². The van der Waals surface area contributed by atoms with Crippen molar-refractivity contribution in [2.45, 2.75) is 33.3 Å². The average Bonchev–Trinajstić information content (AvgIpc) is 2.28. The minimum Gasteiger partial charge on any atom is -0.443 e. The van der Waals surface area contributed by atoms with E-state index >= 15 is 0 Å². The van der Waals surface area contributed by atoms with E-state index in [1.807, 2.05) is 27.7 Å². The summed E-state index contributed by atoms with van der Waals surface area (Å²) >= 11 is 0. The lowest BCUT2D eigenvalue weighted by Crippen LogP contribution is -2.35. The molecule has 0 spiro atoms. The summed E-state index contributed by atoms with van der Waals surface area (Å²) in [6.07, 6.45) is -0.576. The fraction of sp³-hybridized carbons (Fsp3) is 0.462. The Morgan fingerprint density at radius 2 is 1.84 bits per heavy atom. The molecule has 0 saturated carbocycles. The van der Waals surface area contributed by atoms with Crippen LogP contribution in [0.4, 0.5) is 16.2 Å². The fourth-order valence-corrected chi connectivity index (χ4v) is 1.17. The zero-order chi connectivity index (χ0) is 14.6. The second-order valence-electron chi connectivity index (χ2n) is 5.08. The maximum atomic E-state index is 11.7. The van der Waals surface area contributed by atoms with Gasteiger partial charge in [-0.25, -0.2) is 4.79 Å². The van der Waals surface area contributed by atoms with Crippen molar-refractivity contribution >= 4 is 17.5 Å². The van der Waals surface area contributed by atoms with Gasteiger partial charge < -0.3 is 4.74 Å². The lowest BCUT2D eigenvalue weighted by molar-refractivity contribution is -0.384. The number of anilines is 1. The predicted molar refractivity (Wildman–Crippen MR) is 72.1 cm³/mol. The first kappa shape index (κ1) is 14.9. The molecule has 1 rings (SSSR count). The zero-order valence-corrected chi connectivity index (χ0v) is 11.5. The van der Waals surface area contributed by atoms with E-state index in [1.54, 1.807) is 0 Å². The molecule has 0 heterocycles. The van der Waals surface area contributed by atoms with Crippen LogP contribution in [0.2, 0.25) is 0 Å². The largest absolute Gasteiger partial charge is 0.443 e. The quantitative estimate of drug-likeness (QED) is 0.667. The lowest BCUT2D eigenvalue weighted by atomic mass is 9.95. The van der Waals surface area contributed by atoms with Crippen LogP contribution in [-0.2, 0) is 4.74 Å². The number of hydrogen-bond acceptors (Lipinski definition) is 4. The van der Waals surface area contributed by atoms with Crippen molar-refractivity contribution in [2.75, 3.05) is 5.32 Å². The first-order valence-corrected chi connectivity index (χ1v) is 5.97. The SMILES string of the molecule is CC(C)C(C)(C)OC(=O)Nc1ccc([N+](=O)[O-])cc1. The van der Waals surface area contributed by atoms with E-state index in [0.29, 0.717) is 5.69 Å². The highest BCUT2D eigenvalue weighted by Crippen LogP contribution is 2.22. The summed E-state index contributed by atoms with van der Waals surface area (Å²) in [6.45, 7) is 7.57. The third-order valence-electron chi connectivity index (χ3n) is 3.07. The standard InChI is InChI=1S/C13H18N2O4/c1-9(2)13(3,4)19-12(16)14-10-5-7-11(8-6-10)15(17)18/h5-9H,1-4H3,(H,14,16). The molecule has 0 aliphatic rings. The molecule has 0 aromatic heterocycles. The van der Waals surface area contributed by atoms with Gasteiger partial charge in [-0.2, -0.15) is 0 Å². The van der Waals surface area contributed by atoms with Crippen molar-refractivity contribution in [1.29, 1.82) is 0 Å². The Balaban J connectivity index is 2.65. The van der Waals surface area contributed by atoms with Crippen LogP contribution < -0.4 is 5.32 Å². The van der Waals surface area contributed by atoms with Gasteiger partial charge in [0.25, 0.3) is 5.69 Å². The van der Waals surface area contributed by atoms with Crippen LogP contribution in [0, 0.1) is 16.0 Å². The molecule has 6 heteroatoms. The topological polar surface area (TPSA) is 81.5 Å². The number of hydrogen-bond donors (Lipinski definition) is 1. The molecule has 0 radical (unpaired) electrons. The summed E-state index contributed by atoms with van der Waals surface area (Å²) in [5.74, 6) is 0.176. The third kappa shape index (κ3) is 4.24. The predicted octanol–water partition coefficient (Wildman–Crippen LogP) is 3.58. The third-order valence-corrected chi connectivity index (χ3v) is 3.07. The molecule has 1 amide bonds. The van der Waals surface area contributed by atoms with Gasteiger partial charge in [-0.1, -0.05) is 13.8 Å². The molecule has 6 nitrogen and oxygen atoms in total. The van der Waals surface area contributed by atoms with E-state index in [9.17, 15) is 14.9 Å². The number of amides is 1. The number of carbonyl (C=O) groups excluding carboxylic acids is 1. The van der Waals surface area contributed by atoms with Gasteiger partial charge in [-0.3, -0.25) is 15.4 Å². The Bertz CT molecular complexity index is 466. The van der Waals surface area contributed by atoms with Crippen LogP contribution in [0.3, 0.4) is 0 Å². The van der Waals surface area contributed by atoms with Crippen molar-refractivity contribution in [2.24, 2.45) is 5.92 Å². The molecule has 19 heavy (non-hydrogen) atoms. The highest BCUT2D eigenvalue weighted by molar-refractivity contribution is 5.85. The van der Waals surface area contributed by atoms with E-state index in [0.717, 1.165) is 0 Å². The summed E-state index contributed by atoms with van der Waals surface area (Å²) in [4.78, 5) is 21.7. The fourth-order valence-electron chi connectivity index (χ4n) is 1.17. The number of nitro benzene ring substituents is 1. The van der Waals surface area contributed by atoms with Gasteiger partial charge >= 0.3 is 6.09 Å². The molecule has 104 valence electrons. The Labute approximate surface area is 111 Å². The number of non-ortho nitro benzene ring substituents is 1. The van der Waals surface area contributed by atoms with Crippen LogP contribution in [-0.4, -0.2) is 16.6 Å². The maximum absolute atomic E-state index is 11.7. The average molecular weight is 266 g/mol. The molecular weight excluding hydrogens is 248 g/mol. The summed E-state index contributed by atoms with van der Waals surface area (Å²) in [5, 5.41) is 13.0. The summed E-state index contributed by atoms with van der Waals surface area (Å²) in [7, 11) is 0. The number of nitrogens with one attached hydrogen (secondary N) is 1. The minimum absolute atomic E-state index is 0.0265. The van der Waals surface area contributed by atoms with Crippen LogP contribution >= 0.6 is 0 Å². The Kier molecular flexibility index (Phi) is 4.47. The Hall–Kier alpha value is -2.11. The zero-order valence-electron chi connectivity index (χ0n) is 11.5. The molecule has 0 saturated heterocycles. The van der Waals surface area contributed by atoms with Gasteiger partial charge in [0.1, 0.15) is 5.60 Å². The smallest absolute Gasteiger partial charge is 0.412 e. The van der Waals surface area contributed by atoms with Crippen LogP contribution in [0.25, 0.3) is 0 Å². The molecule has 0 bridgehead atoms. The van der Waals surface area contributed by atoms with Gasteiger partial charge in [0.05, 0.1) is 4.92 Å². The number of carbonyl (C=O) groups is 1. The second-order valence-corrected chi connectivity index (χ2v) is 5.08. The molecule has 0 aliphatic heterocycles. The van der Waals surface area contributed by atoms with Gasteiger partial charge in [0, 0.05) is 17.8 Å². The number of nitro groups is 1. The van der Waals surface area contributed by atoms with Gasteiger partial charge in [0.15, 0.2) is 0 Å². The monoisotopic (exact) mass is 266 g/mol. The Morgan fingerprint density at radius 1 is 1.32 bits per heavy atom. The van der Waals surface area contributed by atoms with E-state index < -0.39 is 16.6 Å². The van der Waals surface area contributed by atoms with Gasteiger partial charge in [-0.05, 0) is 31.9 Å². The summed E-state index contributed by atoms with van der Waals surface area (Å²) < 4.78 is 5.30. The highest BCUT2D eigenvalue weighted by Gasteiger charge is 2.26. The molecule has 1 N–H and O–H groups in total. The van der Waals surface area contributed by atoms with Gasteiger partial charge in [0.2, 0.25) is 0 Å². The molecule has 0 unspecified atom stereocenters. The molecule has 0 atom stereocenters. The number of nitrogens with zero attached hydrogens (tertiary/aromatic N) is 1. The molecule has 0 fully saturated rings. The Morgan fingerprint density at radius 3 is 2.26 bits per heavy atom. The molecule has 1 aromatic rings. The first-order valence-electron chi connectivity index (χ1n) is 5.97. The van der Waals surface area contributed by atoms with Crippen molar-refractivity contribution in [1.82, 2.24) is 0 Å². The molecular formula is C13H18N2O4. The second kappa shape index (κ2) is 5.69. The van der Waals surface area contributed by atoms with E-state index in [4.69, 9.17) is 4.74 Å². The van der Waals surface area contributed by atoms with Crippen molar-refractivity contribution in [3.63, 3.8) is 0 Å². The van der Waals surface area contributed by atoms with Crippen molar-refractivity contribution < 1.29 is 14.5 Å². The van der Waals surface area contributed by atoms with E-state index in [2.05, 4.69) is 5.32 Å². The van der Waals surface area contributed by atoms with E-state index in [-0.39, 0.29) is 11.6 Å². The minimum atomic E-state index is -0.579. The van der Waals surface area contributed by atoms with E-state index in [1.165, 1.54) is 24.3 Å². The summed E-state index contributed by atoms with van der Waals surface area (Å²) in [5.41, 5.74) is -0.151. The number of benzene rings is 1. The highest BCUT2D eigenvalue weighted by atomic mass is 16.6. The lowest BCUT2D eigenvalue weighted by Gasteiger charge is -2.29. The normalized spacial score (nSPS) is 11.2. The van der Waals surface area contributed by atoms with Crippen molar-refractivity contribution in [3.05, 3.63) is 34.4 Å². The van der Waals surface area contributed by atoms with Crippen molar-refractivity contribution in [3.8, 4) is 0 Å². The van der Waals surface area contributed by atoms with Crippen LogP contribution in [0.1, 0.15) is 27.7 Å². The van der Waals surface area contributed by atoms with Crippen LogP contribution in [0.15, 0.2) is 24.3 Å². The number of ether oxygens (including phenoxy) is 1. The molecule has 0 aliphatic carbocycles. The van der Waals surface area contributed by atoms with Crippen LogP contribution in [0.5, 0.6) is 0 Å². The molecule has 1 aromatic carbocycles.